The second-order valence-corrected chi connectivity index (χ2v) is 2.96. The Morgan fingerprint density at radius 1 is 1.23 bits per heavy atom. The fourth-order valence-corrected chi connectivity index (χ4v) is 1.21. The number of nitrogens with two attached hydrogens (primary N) is 1. The molecule has 0 amide bonds. The van der Waals surface area contributed by atoms with E-state index in [9.17, 15) is 0 Å². The molecule has 0 heterocycles. The molecule has 1 nitrogen and oxygen atoms in total. The molecule has 0 spiro atoms. The van der Waals surface area contributed by atoms with Crippen molar-refractivity contribution in [3.8, 4) is 11.8 Å². The molecule has 0 unspecified atom stereocenters. The molecule has 1 heteroatoms. The highest BCUT2D eigenvalue weighted by molar-refractivity contribution is 5.35. The van der Waals surface area contributed by atoms with Crippen LogP contribution in [0.1, 0.15) is 24.5 Å². The maximum absolute atomic E-state index is 5.43. The van der Waals surface area contributed by atoms with Gasteiger partial charge in [-0.2, -0.15) is 0 Å². The van der Waals surface area contributed by atoms with Crippen LogP contribution >= 0.6 is 0 Å². The Labute approximate surface area is 80.0 Å². The van der Waals surface area contributed by atoms with Crippen molar-refractivity contribution >= 4 is 0 Å². The molecular weight excluding hydrogens is 158 g/mol. The number of aryl methyl sites for hydroxylation is 1. The summed E-state index contributed by atoms with van der Waals surface area (Å²) in [5.41, 5.74) is 7.85. The van der Waals surface area contributed by atoms with Gasteiger partial charge in [0, 0.05) is 5.56 Å². The van der Waals surface area contributed by atoms with Crippen molar-refractivity contribution in [3.05, 3.63) is 35.4 Å². The minimum absolute atomic E-state index is 0.760. The standard InChI is InChI=1S/C12H15N/c1-2-4-11-6-8-12(9-7-11)5-3-10-13/h6-9H,3,5,10,13H2,1H3. The molecule has 0 saturated heterocycles. The highest BCUT2D eigenvalue weighted by atomic mass is 14.5. The Bertz CT molecular complexity index is 300. The van der Waals surface area contributed by atoms with Gasteiger partial charge in [0.05, 0.1) is 0 Å². The summed E-state index contributed by atoms with van der Waals surface area (Å²) in [4.78, 5) is 0. The molecule has 2 N–H and O–H groups in total. The summed E-state index contributed by atoms with van der Waals surface area (Å²) in [5, 5.41) is 0. The maximum atomic E-state index is 5.43. The first kappa shape index (κ1) is 9.83. The summed E-state index contributed by atoms with van der Waals surface area (Å²) in [6.07, 6.45) is 2.12. The fourth-order valence-electron chi connectivity index (χ4n) is 1.21. The average molecular weight is 173 g/mol. The Kier molecular flexibility index (Phi) is 4.08. The number of rotatable bonds is 3. The molecule has 68 valence electrons. The van der Waals surface area contributed by atoms with E-state index in [2.05, 4.69) is 36.1 Å². The Morgan fingerprint density at radius 2 is 1.92 bits per heavy atom. The number of benzene rings is 1. The molecule has 1 aromatic rings. The quantitative estimate of drug-likeness (QED) is 0.695. The molecule has 0 atom stereocenters. The van der Waals surface area contributed by atoms with Gasteiger partial charge in [-0.3, -0.25) is 0 Å². The van der Waals surface area contributed by atoms with Gasteiger partial charge in [-0.15, -0.1) is 5.92 Å². The first-order valence-corrected chi connectivity index (χ1v) is 4.58. The Balaban J connectivity index is 2.62. The molecule has 0 aliphatic rings. The van der Waals surface area contributed by atoms with E-state index in [0.29, 0.717) is 0 Å². The van der Waals surface area contributed by atoms with Crippen molar-refractivity contribution < 1.29 is 0 Å². The van der Waals surface area contributed by atoms with Gasteiger partial charge in [0.1, 0.15) is 0 Å². The van der Waals surface area contributed by atoms with Gasteiger partial charge in [-0.1, -0.05) is 18.1 Å². The third-order valence-corrected chi connectivity index (χ3v) is 1.89. The van der Waals surface area contributed by atoms with Gasteiger partial charge in [-0.05, 0) is 44.0 Å². The molecule has 1 rings (SSSR count). The fraction of sp³-hybridized carbons (Fsp3) is 0.333. The smallest absolute Gasteiger partial charge is 0.0245 e. The summed E-state index contributed by atoms with van der Waals surface area (Å²) in [6, 6.07) is 8.36. The minimum atomic E-state index is 0.760. The zero-order chi connectivity index (χ0) is 9.52. The molecule has 0 aliphatic carbocycles. The topological polar surface area (TPSA) is 26.0 Å². The summed E-state index contributed by atoms with van der Waals surface area (Å²) >= 11 is 0. The van der Waals surface area contributed by atoms with Gasteiger partial charge >= 0.3 is 0 Å². The van der Waals surface area contributed by atoms with Crippen LogP contribution in [0.15, 0.2) is 24.3 Å². The Morgan fingerprint density at radius 3 is 2.46 bits per heavy atom. The molecule has 0 fully saturated rings. The minimum Gasteiger partial charge on any atom is -0.330 e. The lowest BCUT2D eigenvalue weighted by atomic mass is 10.1. The van der Waals surface area contributed by atoms with E-state index in [4.69, 9.17) is 5.73 Å². The van der Waals surface area contributed by atoms with Crippen LogP contribution in [0.4, 0.5) is 0 Å². The van der Waals surface area contributed by atoms with Crippen LogP contribution in [-0.4, -0.2) is 6.54 Å². The zero-order valence-electron chi connectivity index (χ0n) is 8.01. The van der Waals surface area contributed by atoms with Crippen LogP contribution in [0.3, 0.4) is 0 Å². The second-order valence-electron chi connectivity index (χ2n) is 2.96. The molecule has 0 saturated carbocycles. The van der Waals surface area contributed by atoms with E-state index in [-0.39, 0.29) is 0 Å². The van der Waals surface area contributed by atoms with E-state index >= 15 is 0 Å². The lowest BCUT2D eigenvalue weighted by Gasteiger charge is -1.98. The van der Waals surface area contributed by atoms with Crippen molar-refractivity contribution in [3.63, 3.8) is 0 Å². The van der Waals surface area contributed by atoms with Gasteiger partial charge in [0.15, 0.2) is 0 Å². The van der Waals surface area contributed by atoms with E-state index in [1.807, 2.05) is 6.92 Å². The van der Waals surface area contributed by atoms with Crippen LogP contribution < -0.4 is 5.73 Å². The van der Waals surface area contributed by atoms with Gasteiger partial charge < -0.3 is 5.73 Å². The lowest BCUT2D eigenvalue weighted by Crippen LogP contribution is -2.00. The largest absolute Gasteiger partial charge is 0.330 e. The molecule has 1 aromatic carbocycles. The normalized spacial score (nSPS) is 9.08. The summed E-state index contributed by atoms with van der Waals surface area (Å²) in [6.45, 7) is 2.61. The van der Waals surface area contributed by atoms with Crippen LogP contribution in [0, 0.1) is 11.8 Å². The third-order valence-electron chi connectivity index (χ3n) is 1.89. The highest BCUT2D eigenvalue weighted by Crippen LogP contribution is 2.05. The maximum Gasteiger partial charge on any atom is 0.0245 e. The van der Waals surface area contributed by atoms with Crippen molar-refractivity contribution in [2.24, 2.45) is 5.73 Å². The molecule has 0 aromatic heterocycles. The van der Waals surface area contributed by atoms with Crippen LogP contribution in [0.25, 0.3) is 0 Å². The van der Waals surface area contributed by atoms with Gasteiger partial charge in [0.25, 0.3) is 0 Å². The summed E-state index contributed by atoms with van der Waals surface area (Å²) < 4.78 is 0. The molecule has 0 aliphatic heterocycles. The molecular formula is C12H15N. The predicted octanol–water partition coefficient (Wildman–Crippen LogP) is 1.95. The van der Waals surface area contributed by atoms with Gasteiger partial charge in [0.2, 0.25) is 0 Å². The zero-order valence-corrected chi connectivity index (χ0v) is 8.01. The van der Waals surface area contributed by atoms with Crippen LogP contribution in [0.5, 0.6) is 0 Å². The first-order chi connectivity index (χ1) is 6.36. The Hall–Kier alpha value is -1.26. The van der Waals surface area contributed by atoms with E-state index in [0.717, 1.165) is 24.9 Å². The van der Waals surface area contributed by atoms with E-state index in [1.54, 1.807) is 0 Å². The van der Waals surface area contributed by atoms with E-state index in [1.165, 1.54) is 5.56 Å². The van der Waals surface area contributed by atoms with E-state index < -0.39 is 0 Å². The highest BCUT2D eigenvalue weighted by Gasteiger charge is 1.91. The van der Waals surface area contributed by atoms with Crippen molar-refractivity contribution in [2.45, 2.75) is 19.8 Å². The first-order valence-electron chi connectivity index (χ1n) is 4.58. The lowest BCUT2D eigenvalue weighted by molar-refractivity contribution is 0.832. The molecule has 0 bridgehead atoms. The van der Waals surface area contributed by atoms with Crippen molar-refractivity contribution in [2.75, 3.05) is 6.54 Å². The summed E-state index contributed by atoms with van der Waals surface area (Å²) in [7, 11) is 0. The third kappa shape index (κ3) is 3.31. The summed E-state index contributed by atoms with van der Waals surface area (Å²) in [5.74, 6) is 5.89. The molecule has 13 heavy (non-hydrogen) atoms. The van der Waals surface area contributed by atoms with Crippen LogP contribution in [-0.2, 0) is 6.42 Å². The number of hydrogen-bond donors (Lipinski definition) is 1. The SMILES string of the molecule is CC#Cc1ccc(CCCN)cc1. The average Bonchev–Trinajstić information content (AvgIpc) is 2.17. The number of hydrogen-bond acceptors (Lipinski definition) is 1. The van der Waals surface area contributed by atoms with Crippen molar-refractivity contribution in [1.29, 1.82) is 0 Å². The second kappa shape index (κ2) is 5.40. The van der Waals surface area contributed by atoms with Crippen LogP contribution in [0.2, 0.25) is 0 Å². The van der Waals surface area contributed by atoms with Crippen molar-refractivity contribution in [1.82, 2.24) is 0 Å². The van der Waals surface area contributed by atoms with Gasteiger partial charge in [-0.25, -0.2) is 0 Å². The predicted molar refractivity (Wildman–Crippen MR) is 56.4 cm³/mol. The molecule has 0 radical (unpaired) electrons. The monoisotopic (exact) mass is 173 g/mol.